The molecule has 10 nitrogen and oxygen atoms in total. The van der Waals surface area contributed by atoms with E-state index in [0.717, 1.165) is 0 Å². The SMILES string of the molecule is O=C1c2ccccc2N([N+](=O)[O-])C(=O)c2ccccc2N1[N+](=O)[O-]. The average Bonchev–Trinajstić information content (AvgIpc) is 2.54. The van der Waals surface area contributed by atoms with E-state index in [2.05, 4.69) is 0 Å². The van der Waals surface area contributed by atoms with Gasteiger partial charge in [-0.3, -0.25) is 9.59 Å². The van der Waals surface area contributed by atoms with Crippen LogP contribution in [0.5, 0.6) is 0 Å². The van der Waals surface area contributed by atoms with Crippen LogP contribution in [0.15, 0.2) is 48.5 Å². The molecule has 0 unspecified atom stereocenters. The summed E-state index contributed by atoms with van der Waals surface area (Å²) >= 11 is 0. The van der Waals surface area contributed by atoms with Gasteiger partial charge in [-0.1, -0.05) is 24.3 Å². The number of nitrogens with zero attached hydrogens (tertiary/aromatic N) is 4. The quantitative estimate of drug-likeness (QED) is 0.609. The third kappa shape index (κ3) is 2.13. The lowest BCUT2D eigenvalue weighted by atomic mass is 10.1. The molecule has 1 aliphatic heterocycles. The van der Waals surface area contributed by atoms with Crippen LogP contribution in [0.4, 0.5) is 11.4 Å². The third-order valence-corrected chi connectivity index (χ3v) is 3.44. The fraction of sp³-hybridized carbons (Fsp3) is 0. The Morgan fingerprint density at radius 3 is 1.33 bits per heavy atom. The second-order valence-corrected chi connectivity index (χ2v) is 4.74. The Morgan fingerprint density at radius 2 is 1.00 bits per heavy atom. The van der Waals surface area contributed by atoms with Gasteiger partial charge in [0, 0.05) is 0 Å². The van der Waals surface area contributed by atoms with Crippen LogP contribution in [0.1, 0.15) is 20.7 Å². The first-order valence-electron chi connectivity index (χ1n) is 6.59. The van der Waals surface area contributed by atoms with E-state index in [1.54, 1.807) is 0 Å². The van der Waals surface area contributed by atoms with Gasteiger partial charge in [-0.15, -0.1) is 0 Å². The number of anilines is 2. The van der Waals surface area contributed by atoms with Crippen LogP contribution in [0.25, 0.3) is 0 Å². The molecule has 10 heteroatoms. The summed E-state index contributed by atoms with van der Waals surface area (Å²) in [6.07, 6.45) is 0. The van der Waals surface area contributed by atoms with Crippen LogP contribution in [0.2, 0.25) is 0 Å². The number of hydrogen-bond acceptors (Lipinski definition) is 6. The molecule has 0 aliphatic carbocycles. The summed E-state index contributed by atoms with van der Waals surface area (Å²) in [6.45, 7) is 0. The highest BCUT2D eigenvalue weighted by molar-refractivity contribution is 6.18. The van der Waals surface area contributed by atoms with E-state index < -0.39 is 21.9 Å². The molecule has 2 aromatic carbocycles. The van der Waals surface area contributed by atoms with Crippen molar-refractivity contribution in [2.75, 3.05) is 10.0 Å². The number of amides is 2. The number of hydrogen-bond donors (Lipinski definition) is 0. The van der Waals surface area contributed by atoms with Crippen molar-refractivity contribution < 1.29 is 19.7 Å². The Kier molecular flexibility index (Phi) is 3.41. The number of rotatable bonds is 2. The largest absolute Gasteiger partial charge is 0.322 e. The zero-order valence-corrected chi connectivity index (χ0v) is 11.9. The molecule has 0 spiro atoms. The van der Waals surface area contributed by atoms with Crippen molar-refractivity contribution in [3.8, 4) is 0 Å². The van der Waals surface area contributed by atoms with Crippen molar-refractivity contribution >= 4 is 23.2 Å². The molecule has 0 saturated heterocycles. The summed E-state index contributed by atoms with van der Waals surface area (Å²) in [6, 6.07) is 10.3. The van der Waals surface area contributed by atoms with Crippen LogP contribution >= 0.6 is 0 Å². The zero-order valence-electron chi connectivity index (χ0n) is 11.9. The number of para-hydroxylation sites is 2. The predicted octanol–water partition coefficient (Wildman–Crippen LogP) is 1.68. The first kappa shape index (κ1) is 15.1. The molecule has 0 atom stereocenters. The van der Waals surface area contributed by atoms with E-state index in [9.17, 15) is 29.8 Å². The highest BCUT2D eigenvalue weighted by atomic mass is 16.7. The van der Waals surface area contributed by atoms with E-state index in [1.165, 1.54) is 48.5 Å². The molecular weight excluding hydrogens is 320 g/mol. The number of hydrazine groups is 2. The van der Waals surface area contributed by atoms with Gasteiger partial charge in [0.05, 0.1) is 11.1 Å². The van der Waals surface area contributed by atoms with Crippen LogP contribution in [0, 0.1) is 20.2 Å². The smallest absolute Gasteiger partial charge is 0.262 e. The molecule has 3 rings (SSSR count). The van der Waals surface area contributed by atoms with Crippen LogP contribution in [0.3, 0.4) is 0 Å². The lowest BCUT2D eigenvalue weighted by Crippen LogP contribution is -2.44. The van der Waals surface area contributed by atoms with Gasteiger partial charge in [-0.25, -0.2) is 20.2 Å². The van der Waals surface area contributed by atoms with Gasteiger partial charge in [0.1, 0.15) is 11.4 Å². The van der Waals surface area contributed by atoms with E-state index >= 15 is 0 Å². The van der Waals surface area contributed by atoms with Gasteiger partial charge in [0.2, 0.25) is 0 Å². The molecular formula is C14H8N4O6. The number of nitro groups is 2. The van der Waals surface area contributed by atoms with Crippen molar-refractivity contribution in [1.29, 1.82) is 0 Å². The lowest BCUT2D eigenvalue weighted by molar-refractivity contribution is -0.483. The molecule has 0 fully saturated rings. The van der Waals surface area contributed by atoms with Crippen molar-refractivity contribution in [3.05, 3.63) is 79.9 Å². The first-order valence-corrected chi connectivity index (χ1v) is 6.59. The molecule has 0 aromatic heterocycles. The minimum atomic E-state index is -1.08. The van der Waals surface area contributed by atoms with Gasteiger partial charge in [0.15, 0.2) is 10.1 Å². The summed E-state index contributed by atoms with van der Waals surface area (Å²) in [5.74, 6) is -2.16. The van der Waals surface area contributed by atoms with Gasteiger partial charge < -0.3 is 0 Å². The highest BCUT2D eigenvalue weighted by Gasteiger charge is 2.42. The standard InChI is InChI=1S/C14H8N4O6/c19-13-9-5-1-3-7-11(9)15(17(21)22)14(20)10-6-2-4-8-12(10)16(13)18(23)24/h1-8H. The molecule has 0 radical (unpaired) electrons. The van der Waals surface area contributed by atoms with Gasteiger partial charge in [-0.2, -0.15) is 0 Å². The minimum absolute atomic E-state index is 0.212. The topological polar surface area (TPSA) is 127 Å². The summed E-state index contributed by atoms with van der Waals surface area (Å²) in [5.41, 5.74) is -1.32. The van der Waals surface area contributed by atoms with Crippen molar-refractivity contribution in [2.45, 2.75) is 0 Å². The number of benzene rings is 2. The second kappa shape index (κ2) is 5.43. The maximum Gasteiger partial charge on any atom is 0.322 e. The molecule has 1 aliphatic rings. The third-order valence-electron chi connectivity index (χ3n) is 3.44. The molecule has 24 heavy (non-hydrogen) atoms. The van der Waals surface area contributed by atoms with Gasteiger partial charge in [0.25, 0.3) is 0 Å². The predicted molar refractivity (Wildman–Crippen MR) is 80.5 cm³/mol. The summed E-state index contributed by atoms with van der Waals surface area (Å²) < 4.78 is 0. The van der Waals surface area contributed by atoms with E-state index in [-0.39, 0.29) is 32.5 Å². The Labute approximate surface area is 133 Å². The number of carbonyl (C=O) groups is 2. The number of fused-ring (bicyclic) bond motifs is 2. The fourth-order valence-electron chi connectivity index (χ4n) is 2.45. The average molecular weight is 328 g/mol. The Morgan fingerprint density at radius 1 is 0.667 bits per heavy atom. The maximum absolute atomic E-state index is 12.6. The first-order chi connectivity index (χ1) is 11.4. The second-order valence-electron chi connectivity index (χ2n) is 4.74. The monoisotopic (exact) mass is 328 g/mol. The summed E-state index contributed by atoms with van der Waals surface area (Å²) in [4.78, 5) is 47.9. The number of carbonyl (C=O) groups excluding carboxylic acids is 2. The Hall–Kier alpha value is -3.82. The minimum Gasteiger partial charge on any atom is -0.262 e. The molecule has 1 heterocycles. The normalized spacial score (nSPS) is 13.7. The zero-order chi connectivity index (χ0) is 17.4. The van der Waals surface area contributed by atoms with E-state index in [1.807, 2.05) is 0 Å². The van der Waals surface area contributed by atoms with Crippen molar-refractivity contribution in [3.63, 3.8) is 0 Å². The summed E-state index contributed by atoms with van der Waals surface area (Å²) in [5, 5.41) is 21.2. The fourth-order valence-corrected chi connectivity index (χ4v) is 2.45. The molecule has 120 valence electrons. The Balaban J connectivity index is 2.37. The highest BCUT2D eigenvalue weighted by Crippen LogP contribution is 2.32. The van der Waals surface area contributed by atoms with Crippen LogP contribution < -0.4 is 10.0 Å². The molecule has 2 aromatic rings. The molecule has 2 amide bonds. The van der Waals surface area contributed by atoms with Crippen LogP contribution in [-0.4, -0.2) is 21.9 Å². The van der Waals surface area contributed by atoms with Gasteiger partial charge >= 0.3 is 11.8 Å². The van der Waals surface area contributed by atoms with E-state index in [4.69, 9.17) is 0 Å². The maximum atomic E-state index is 12.6. The lowest BCUT2D eigenvalue weighted by Gasteiger charge is -2.22. The van der Waals surface area contributed by atoms with E-state index in [0.29, 0.717) is 0 Å². The molecule has 0 saturated carbocycles. The van der Waals surface area contributed by atoms with Crippen LogP contribution in [-0.2, 0) is 0 Å². The Bertz CT molecular complexity index is 823. The molecule has 0 bridgehead atoms. The van der Waals surface area contributed by atoms with Crippen molar-refractivity contribution in [1.82, 2.24) is 0 Å². The van der Waals surface area contributed by atoms with Gasteiger partial charge in [-0.05, 0) is 34.3 Å². The molecule has 0 N–H and O–H groups in total. The summed E-state index contributed by atoms with van der Waals surface area (Å²) in [7, 11) is 0. The van der Waals surface area contributed by atoms with Crippen molar-refractivity contribution in [2.24, 2.45) is 0 Å².